The lowest BCUT2D eigenvalue weighted by molar-refractivity contribution is -0.131. The molecule has 0 spiro atoms. The van der Waals surface area contributed by atoms with Crippen molar-refractivity contribution in [2.75, 3.05) is 19.6 Å². The maximum Gasteiger partial charge on any atom is 0.222 e. The normalized spacial score (nSPS) is 17.2. The average molecular weight is 275 g/mol. The van der Waals surface area contributed by atoms with Gasteiger partial charge >= 0.3 is 0 Å². The van der Waals surface area contributed by atoms with Gasteiger partial charge in [0.15, 0.2) is 0 Å². The fourth-order valence-corrected chi connectivity index (χ4v) is 2.32. The molecule has 1 atom stereocenters. The van der Waals surface area contributed by atoms with E-state index in [1.807, 2.05) is 30.3 Å². The van der Waals surface area contributed by atoms with Crippen molar-refractivity contribution in [3.05, 3.63) is 35.9 Å². The topological polar surface area (TPSA) is 75.4 Å². The molecule has 1 fully saturated rings. The minimum absolute atomic E-state index is 0.0151. The van der Waals surface area contributed by atoms with Crippen molar-refractivity contribution in [1.29, 1.82) is 0 Å². The SMILES string of the molecule is NC(CCC(=O)N1CCNC(=O)CC1)c1ccccc1. The van der Waals surface area contributed by atoms with Crippen LogP contribution in [0.3, 0.4) is 0 Å². The van der Waals surface area contributed by atoms with Crippen molar-refractivity contribution in [2.24, 2.45) is 5.73 Å². The van der Waals surface area contributed by atoms with Crippen LogP contribution < -0.4 is 11.1 Å². The zero-order chi connectivity index (χ0) is 14.4. The lowest BCUT2D eigenvalue weighted by Crippen LogP contribution is -2.34. The summed E-state index contributed by atoms with van der Waals surface area (Å²) in [6.07, 6.45) is 1.43. The lowest BCUT2D eigenvalue weighted by Gasteiger charge is -2.20. The van der Waals surface area contributed by atoms with Crippen molar-refractivity contribution in [1.82, 2.24) is 10.2 Å². The molecule has 0 radical (unpaired) electrons. The van der Waals surface area contributed by atoms with Crippen LogP contribution >= 0.6 is 0 Å². The van der Waals surface area contributed by atoms with E-state index in [1.165, 1.54) is 0 Å². The van der Waals surface area contributed by atoms with Gasteiger partial charge < -0.3 is 16.0 Å². The van der Waals surface area contributed by atoms with Gasteiger partial charge in [0.25, 0.3) is 0 Å². The summed E-state index contributed by atoms with van der Waals surface area (Å²) in [5, 5.41) is 2.76. The van der Waals surface area contributed by atoms with E-state index in [0.29, 0.717) is 38.9 Å². The van der Waals surface area contributed by atoms with Crippen molar-refractivity contribution in [3.8, 4) is 0 Å². The largest absolute Gasteiger partial charge is 0.354 e. The van der Waals surface area contributed by atoms with E-state index in [-0.39, 0.29) is 17.9 Å². The quantitative estimate of drug-likeness (QED) is 0.854. The van der Waals surface area contributed by atoms with E-state index in [2.05, 4.69) is 5.32 Å². The van der Waals surface area contributed by atoms with E-state index >= 15 is 0 Å². The Kier molecular flexibility index (Phi) is 5.12. The number of nitrogens with zero attached hydrogens (tertiary/aromatic N) is 1. The first kappa shape index (κ1) is 14.5. The second kappa shape index (κ2) is 7.05. The Labute approximate surface area is 119 Å². The van der Waals surface area contributed by atoms with Crippen LogP contribution in [0.1, 0.15) is 30.9 Å². The van der Waals surface area contributed by atoms with Gasteiger partial charge in [0.1, 0.15) is 0 Å². The molecule has 1 heterocycles. The minimum atomic E-state index is -0.119. The number of amides is 2. The van der Waals surface area contributed by atoms with Gasteiger partial charge in [-0.1, -0.05) is 30.3 Å². The third-order valence-electron chi connectivity index (χ3n) is 3.56. The number of benzene rings is 1. The van der Waals surface area contributed by atoms with E-state index < -0.39 is 0 Å². The summed E-state index contributed by atoms with van der Waals surface area (Å²) in [5.41, 5.74) is 7.14. The Morgan fingerprint density at radius 3 is 2.80 bits per heavy atom. The van der Waals surface area contributed by atoms with Crippen LogP contribution in [-0.4, -0.2) is 36.3 Å². The van der Waals surface area contributed by atoms with Crippen LogP contribution in [0, 0.1) is 0 Å². The highest BCUT2D eigenvalue weighted by atomic mass is 16.2. The molecule has 20 heavy (non-hydrogen) atoms. The highest BCUT2D eigenvalue weighted by Gasteiger charge is 2.19. The second-order valence-electron chi connectivity index (χ2n) is 5.04. The van der Waals surface area contributed by atoms with Crippen LogP contribution in [0.4, 0.5) is 0 Å². The Bertz CT molecular complexity index is 461. The monoisotopic (exact) mass is 275 g/mol. The summed E-state index contributed by atoms with van der Waals surface area (Å²) in [5.74, 6) is 0.0918. The standard InChI is InChI=1S/C15H21N3O2/c16-13(12-4-2-1-3-5-12)6-7-15(20)18-10-8-14(19)17-9-11-18/h1-5,13H,6-11,16H2,(H,17,19). The van der Waals surface area contributed by atoms with Crippen molar-refractivity contribution in [3.63, 3.8) is 0 Å². The average Bonchev–Trinajstić information content (AvgIpc) is 2.70. The number of hydrogen-bond acceptors (Lipinski definition) is 3. The molecule has 1 aromatic carbocycles. The number of carbonyl (C=O) groups excluding carboxylic acids is 2. The molecule has 0 saturated carbocycles. The molecule has 0 aromatic heterocycles. The number of nitrogens with two attached hydrogens (primary N) is 1. The summed E-state index contributed by atoms with van der Waals surface area (Å²) >= 11 is 0. The summed E-state index contributed by atoms with van der Waals surface area (Å²) in [7, 11) is 0. The summed E-state index contributed by atoms with van der Waals surface area (Å²) in [4.78, 5) is 25.1. The minimum Gasteiger partial charge on any atom is -0.354 e. The van der Waals surface area contributed by atoms with Crippen molar-refractivity contribution in [2.45, 2.75) is 25.3 Å². The Hall–Kier alpha value is -1.88. The second-order valence-corrected chi connectivity index (χ2v) is 5.04. The molecule has 1 saturated heterocycles. The fraction of sp³-hybridized carbons (Fsp3) is 0.467. The third-order valence-corrected chi connectivity index (χ3v) is 3.56. The van der Waals surface area contributed by atoms with Gasteiger partial charge in [-0.2, -0.15) is 0 Å². The first-order valence-corrected chi connectivity index (χ1v) is 7.02. The van der Waals surface area contributed by atoms with Gasteiger partial charge in [-0.15, -0.1) is 0 Å². The molecule has 1 aliphatic rings. The number of rotatable bonds is 4. The fourth-order valence-electron chi connectivity index (χ4n) is 2.32. The predicted octanol–water partition coefficient (Wildman–Crippen LogP) is 0.815. The lowest BCUT2D eigenvalue weighted by atomic mass is 10.0. The summed E-state index contributed by atoms with van der Waals surface area (Å²) in [6.45, 7) is 1.63. The van der Waals surface area contributed by atoms with Crippen LogP contribution in [0.5, 0.6) is 0 Å². The molecule has 0 aliphatic carbocycles. The van der Waals surface area contributed by atoms with Gasteiger partial charge in [0, 0.05) is 38.5 Å². The first-order valence-electron chi connectivity index (χ1n) is 7.02. The van der Waals surface area contributed by atoms with E-state index in [9.17, 15) is 9.59 Å². The maximum atomic E-state index is 12.1. The molecule has 1 unspecified atom stereocenters. The highest BCUT2D eigenvalue weighted by Crippen LogP contribution is 2.16. The smallest absolute Gasteiger partial charge is 0.222 e. The zero-order valence-electron chi connectivity index (χ0n) is 11.5. The van der Waals surface area contributed by atoms with Gasteiger partial charge in [-0.05, 0) is 12.0 Å². The summed E-state index contributed by atoms with van der Waals surface area (Å²) in [6, 6.07) is 9.68. The molecule has 2 rings (SSSR count). The number of carbonyl (C=O) groups is 2. The van der Waals surface area contributed by atoms with Gasteiger partial charge in [0.05, 0.1) is 0 Å². The maximum absolute atomic E-state index is 12.1. The Morgan fingerprint density at radius 1 is 1.30 bits per heavy atom. The van der Waals surface area contributed by atoms with Crippen LogP contribution in [-0.2, 0) is 9.59 Å². The van der Waals surface area contributed by atoms with Gasteiger partial charge in [-0.3, -0.25) is 9.59 Å². The van der Waals surface area contributed by atoms with Gasteiger partial charge in [-0.25, -0.2) is 0 Å². The molecule has 2 amide bonds. The molecule has 3 N–H and O–H groups in total. The van der Waals surface area contributed by atoms with Crippen LogP contribution in [0.2, 0.25) is 0 Å². The number of hydrogen-bond donors (Lipinski definition) is 2. The molecule has 1 aromatic rings. The predicted molar refractivity (Wildman–Crippen MR) is 76.8 cm³/mol. The molecule has 5 heteroatoms. The highest BCUT2D eigenvalue weighted by molar-refractivity contribution is 5.80. The first-order chi connectivity index (χ1) is 9.66. The van der Waals surface area contributed by atoms with E-state index in [0.717, 1.165) is 5.56 Å². The van der Waals surface area contributed by atoms with Crippen molar-refractivity contribution < 1.29 is 9.59 Å². The van der Waals surface area contributed by atoms with Gasteiger partial charge in [0.2, 0.25) is 11.8 Å². The molecular formula is C15H21N3O2. The van der Waals surface area contributed by atoms with Crippen LogP contribution in [0.25, 0.3) is 0 Å². The Balaban J connectivity index is 1.81. The summed E-state index contributed by atoms with van der Waals surface area (Å²) < 4.78 is 0. The zero-order valence-corrected chi connectivity index (χ0v) is 11.5. The van der Waals surface area contributed by atoms with E-state index in [4.69, 9.17) is 5.73 Å². The molecule has 108 valence electrons. The molecule has 5 nitrogen and oxygen atoms in total. The number of nitrogens with one attached hydrogen (secondary N) is 1. The van der Waals surface area contributed by atoms with E-state index in [1.54, 1.807) is 4.90 Å². The Morgan fingerprint density at radius 2 is 2.05 bits per heavy atom. The molecular weight excluding hydrogens is 254 g/mol. The molecule has 0 bridgehead atoms. The third kappa shape index (κ3) is 4.06. The van der Waals surface area contributed by atoms with Crippen molar-refractivity contribution >= 4 is 11.8 Å². The molecule has 1 aliphatic heterocycles. The van der Waals surface area contributed by atoms with Crippen LogP contribution in [0.15, 0.2) is 30.3 Å².